The molecule has 224 valence electrons. The first-order chi connectivity index (χ1) is 21.2. The van der Waals surface area contributed by atoms with Crippen LogP contribution in [0.3, 0.4) is 0 Å². The quantitative estimate of drug-likeness (QED) is 0.146. The van der Waals surface area contributed by atoms with Crippen LogP contribution < -0.4 is 20.3 Å². The van der Waals surface area contributed by atoms with Gasteiger partial charge in [-0.1, -0.05) is 17.7 Å². The molecule has 1 fully saturated rings. The Hall–Kier alpha value is -4.54. The van der Waals surface area contributed by atoms with Crippen LogP contribution in [0.4, 0.5) is 11.4 Å². The fraction of sp³-hybridized carbons (Fsp3) is 0.235. The minimum Gasteiger partial charge on any atom is -0.497 e. The number of ether oxygens (including phenoxy) is 1. The number of hydrogen-bond donors (Lipinski definition) is 2. The standard InChI is InChI=1S/C34H32N4O4S2/c1-19-9-11-23(12-10-19)35-31(40)29-26-7-5-6-8-28(26)44-33(29)37-20(2)17-22(21(37)3)18-27-30(39)36-34(43)38(32(27)41)24-13-15-25(42-4)16-14-24/h9-18H,5-8H2,1-4H3,(H,35,40)(H,36,39,43)/b27-18-. The number of benzene rings is 2. The lowest BCUT2D eigenvalue weighted by Gasteiger charge is -2.29. The van der Waals surface area contributed by atoms with Crippen LogP contribution in [0.2, 0.25) is 0 Å². The van der Waals surface area contributed by atoms with Crippen molar-refractivity contribution in [1.82, 2.24) is 9.88 Å². The Bertz CT molecular complexity index is 1850. The SMILES string of the molecule is COc1ccc(N2C(=O)/C(=C\c3cc(C)n(-c4sc5c(c4C(=O)Nc4ccc(C)cc4)CCCC5)c3C)C(=O)NC2=S)cc1. The predicted octanol–water partition coefficient (Wildman–Crippen LogP) is 6.44. The summed E-state index contributed by atoms with van der Waals surface area (Å²) in [5.41, 5.74) is 6.58. The lowest BCUT2D eigenvalue weighted by atomic mass is 9.95. The molecule has 2 aliphatic rings. The van der Waals surface area contributed by atoms with Gasteiger partial charge in [0.05, 0.1) is 18.4 Å². The van der Waals surface area contributed by atoms with Crippen molar-refractivity contribution in [3.05, 3.63) is 98.7 Å². The third-order valence-electron chi connectivity index (χ3n) is 8.09. The van der Waals surface area contributed by atoms with Gasteiger partial charge in [-0.25, -0.2) is 0 Å². The topological polar surface area (TPSA) is 92.7 Å². The molecule has 8 nitrogen and oxygen atoms in total. The zero-order valence-electron chi connectivity index (χ0n) is 24.9. The average Bonchev–Trinajstić information content (AvgIpc) is 3.52. The molecule has 44 heavy (non-hydrogen) atoms. The first-order valence-corrected chi connectivity index (χ1v) is 15.7. The zero-order valence-corrected chi connectivity index (χ0v) is 26.6. The maximum atomic E-state index is 13.8. The summed E-state index contributed by atoms with van der Waals surface area (Å²) in [4.78, 5) is 43.1. The molecule has 10 heteroatoms. The van der Waals surface area contributed by atoms with Crippen LogP contribution >= 0.6 is 23.6 Å². The maximum absolute atomic E-state index is 13.8. The van der Waals surface area contributed by atoms with Crippen LogP contribution in [0.15, 0.2) is 60.2 Å². The van der Waals surface area contributed by atoms with E-state index >= 15 is 0 Å². The van der Waals surface area contributed by atoms with Gasteiger partial charge in [-0.05, 0) is 118 Å². The van der Waals surface area contributed by atoms with Gasteiger partial charge in [-0.3, -0.25) is 24.6 Å². The normalized spacial score (nSPS) is 15.8. The largest absolute Gasteiger partial charge is 0.497 e. The Morgan fingerprint density at radius 2 is 1.73 bits per heavy atom. The Morgan fingerprint density at radius 3 is 2.43 bits per heavy atom. The molecule has 0 radical (unpaired) electrons. The van der Waals surface area contributed by atoms with Crippen LogP contribution in [0.5, 0.6) is 5.75 Å². The van der Waals surface area contributed by atoms with Crippen LogP contribution in [0.25, 0.3) is 11.1 Å². The minimum absolute atomic E-state index is 0.0150. The number of nitrogens with zero attached hydrogens (tertiary/aromatic N) is 2. The number of hydrogen-bond acceptors (Lipinski definition) is 6. The molecule has 1 saturated heterocycles. The number of rotatable bonds is 6. The van der Waals surface area contributed by atoms with E-state index in [2.05, 4.69) is 15.2 Å². The second-order valence-electron chi connectivity index (χ2n) is 11.0. The monoisotopic (exact) mass is 624 g/mol. The van der Waals surface area contributed by atoms with Gasteiger partial charge in [0.2, 0.25) is 0 Å². The third-order valence-corrected chi connectivity index (χ3v) is 9.66. The van der Waals surface area contributed by atoms with E-state index in [1.807, 2.05) is 51.1 Å². The summed E-state index contributed by atoms with van der Waals surface area (Å²) in [5.74, 6) is -0.572. The summed E-state index contributed by atoms with van der Waals surface area (Å²) in [7, 11) is 1.56. The number of fused-ring (bicyclic) bond motifs is 1. The molecule has 1 aliphatic carbocycles. The molecule has 0 spiro atoms. The summed E-state index contributed by atoms with van der Waals surface area (Å²) >= 11 is 7.01. The highest BCUT2D eigenvalue weighted by Crippen LogP contribution is 2.39. The van der Waals surface area contributed by atoms with Gasteiger partial charge in [0.1, 0.15) is 16.3 Å². The summed E-state index contributed by atoms with van der Waals surface area (Å²) in [5, 5.41) is 6.62. The predicted molar refractivity (Wildman–Crippen MR) is 178 cm³/mol. The lowest BCUT2D eigenvalue weighted by molar-refractivity contribution is -0.122. The van der Waals surface area contributed by atoms with Crippen LogP contribution in [0.1, 0.15) is 56.2 Å². The molecule has 0 bridgehead atoms. The van der Waals surface area contributed by atoms with Gasteiger partial charge in [-0.15, -0.1) is 11.3 Å². The molecular weight excluding hydrogens is 593 g/mol. The van der Waals surface area contributed by atoms with Crippen molar-refractivity contribution in [1.29, 1.82) is 0 Å². The third kappa shape index (κ3) is 5.35. The van der Waals surface area contributed by atoms with Crippen LogP contribution in [0, 0.1) is 20.8 Å². The number of amides is 3. The minimum atomic E-state index is -0.556. The number of methoxy groups -OCH3 is 1. The molecule has 0 saturated carbocycles. The van der Waals surface area contributed by atoms with E-state index in [1.165, 1.54) is 9.78 Å². The van der Waals surface area contributed by atoms with Crippen molar-refractivity contribution in [3.63, 3.8) is 0 Å². The van der Waals surface area contributed by atoms with Crippen LogP contribution in [-0.4, -0.2) is 34.5 Å². The highest BCUT2D eigenvalue weighted by molar-refractivity contribution is 7.80. The first-order valence-electron chi connectivity index (χ1n) is 14.4. The molecule has 0 unspecified atom stereocenters. The van der Waals surface area contributed by atoms with Gasteiger partial charge in [0.25, 0.3) is 17.7 Å². The van der Waals surface area contributed by atoms with E-state index in [4.69, 9.17) is 17.0 Å². The molecular formula is C34H32N4O4S2. The summed E-state index contributed by atoms with van der Waals surface area (Å²) in [6.07, 6.45) is 5.54. The average molecular weight is 625 g/mol. The van der Waals surface area contributed by atoms with Gasteiger partial charge < -0.3 is 14.6 Å². The van der Waals surface area contributed by atoms with E-state index in [0.717, 1.165) is 58.9 Å². The van der Waals surface area contributed by atoms with Crippen molar-refractivity contribution >= 4 is 63.8 Å². The second-order valence-corrected chi connectivity index (χ2v) is 12.5. The molecule has 4 aromatic rings. The molecule has 0 atom stereocenters. The number of carbonyl (C=O) groups is 3. The number of nitrogens with one attached hydrogen (secondary N) is 2. The maximum Gasteiger partial charge on any atom is 0.270 e. The first kappa shape index (κ1) is 29.5. The van der Waals surface area contributed by atoms with E-state index in [0.29, 0.717) is 22.6 Å². The van der Waals surface area contributed by atoms with Crippen molar-refractivity contribution in [3.8, 4) is 10.8 Å². The van der Waals surface area contributed by atoms with E-state index in [1.54, 1.807) is 48.8 Å². The number of aromatic nitrogens is 1. The number of anilines is 2. The molecule has 3 amide bonds. The summed E-state index contributed by atoms with van der Waals surface area (Å²) < 4.78 is 7.30. The number of aryl methyl sites for hydroxylation is 3. The van der Waals surface area contributed by atoms with Crippen molar-refractivity contribution in [2.75, 3.05) is 17.3 Å². The highest BCUT2D eigenvalue weighted by Gasteiger charge is 2.35. The van der Waals surface area contributed by atoms with E-state index in [9.17, 15) is 14.4 Å². The number of thiophene rings is 1. The molecule has 3 heterocycles. The number of thiocarbonyl (C=S) groups is 1. The smallest absolute Gasteiger partial charge is 0.270 e. The molecule has 2 aromatic carbocycles. The zero-order chi connectivity index (χ0) is 31.1. The highest BCUT2D eigenvalue weighted by atomic mass is 32.1. The molecule has 2 aromatic heterocycles. The van der Waals surface area contributed by atoms with E-state index in [-0.39, 0.29) is 16.6 Å². The molecule has 1 aliphatic heterocycles. The Labute approximate surface area is 265 Å². The van der Waals surface area contributed by atoms with Crippen molar-refractivity contribution in [2.45, 2.75) is 46.5 Å². The Kier molecular flexibility index (Phi) is 7.96. The molecule has 2 N–H and O–H groups in total. The Morgan fingerprint density at radius 1 is 1.02 bits per heavy atom. The molecule has 6 rings (SSSR count). The van der Waals surface area contributed by atoms with E-state index < -0.39 is 11.8 Å². The van der Waals surface area contributed by atoms with Crippen LogP contribution in [-0.2, 0) is 22.4 Å². The Balaban J connectivity index is 1.39. The summed E-state index contributed by atoms with van der Waals surface area (Å²) in [6, 6.07) is 16.6. The van der Waals surface area contributed by atoms with Crippen molar-refractivity contribution in [2.24, 2.45) is 0 Å². The van der Waals surface area contributed by atoms with Gasteiger partial charge >= 0.3 is 0 Å². The lowest BCUT2D eigenvalue weighted by Crippen LogP contribution is -2.54. The second kappa shape index (κ2) is 11.9. The number of carbonyl (C=O) groups excluding carboxylic acids is 3. The van der Waals surface area contributed by atoms with Gasteiger partial charge in [0, 0.05) is 22.0 Å². The van der Waals surface area contributed by atoms with Gasteiger partial charge in [0.15, 0.2) is 5.11 Å². The van der Waals surface area contributed by atoms with Gasteiger partial charge in [-0.2, -0.15) is 0 Å². The summed E-state index contributed by atoms with van der Waals surface area (Å²) in [6.45, 7) is 5.92. The fourth-order valence-corrected chi connectivity index (χ4v) is 7.58. The fourth-order valence-electron chi connectivity index (χ4n) is 5.80. The van der Waals surface area contributed by atoms with Crippen molar-refractivity contribution < 1.29 is 19.1 Å².